The van der Waals surface area contributed by atoms with E-state index in [4.69, 9.17) is 0 Å². The van der Waals surface area contributed by atoms with Crippen molar-refractivity contribution < 1.29 is 13.2 Å². The molecule has 0 bridgehead atoms. The molecule has 1 rings (SSSR count). The van der Waals surface area contributed by atoms with Crippen LogP contribution in [0.1, 0.15) is 20.3 Å². The number of amides is 1. The summed E-state index contributed by atoms with van der Waals surface area (Å²) < 4.78 is 23.2. The number of nitrogens with zero attached hydrogens (tertiary/aromatic N) is 1. The summed E-state index contributed by atoms with van der Waals surface area (Å²) in [5.41, 5.74) is 0. The predicted molar refractivity (Wildman–Crippen MR) is 63.0 cm³/mol. The van der Waals surface area contributed by atoms with Gasteiger partial charge in [-0.1, -0.05) is 6.92 Å². The van der Waals surface area contributed by atoms with Crippen LogP contribution >= 0.6 is 0 Å². The molecule has 0 saturated carbocycles. The molecule has 1 fully saturated rings. The Morgan fingerprint density at radius 2 is 2.06 bits per heavy atom. The van der Waals surface area contributed by atoms with E-state index in [-0.39, 0.29) is 11.7 Å². The Balaban J connectivity index is 2.69. The topological polar surface area (TPSA) is 66.5 Å². The zero-order chi connectivity index (χ0) is 12.2. The van der Waals surface area contributed by atoms with E-state index in [2.05, 4.69) is 5.32 Å². The molecule has 1 N–H and O–H groups in total. The molecule has 1 unspecified atom stereocenters. The number of hydrogen-bond acceptors (Lipinski definition) is 4. The van der Waals surface area contributed by atoms with E-state index >= 15 is 0 Å². The van der Waals surface area contributed by atoms with Gasteiger partial charge in [-0.25, -0.2) is 8.42 Å². The van der Waals surface area contributed by atoms with Crippen LogP contribution in [0, 0.1) is 0 Å². The highest BCUT2D eigenvalue weighted by Gasteiger charge is 2.30. The Kier molecular flexibility index (Phi) is 4.73. The maximum Gasteiger partial charge on any atom is 0.240 e. The molecule has 1 amide bonds. The fourth-order valence-corrected chi connectivity index (χ4v) is 2.68. The van der Waals surface area contributed by atoms with Gasteiger partial charge in [0.2, 0.25) is 5.91 Å². The Morgan fingerprint density at radius 3 is 2.69 bits per heavy atom. The van der Waals surface area contributed by atoms with Crippen molar-refractivity contribution in [3.8, 4) is 0 Å². The van der Waals surface area contributed by atoms with E-state index in [1.54, 1.807) is 11.8 Å². The number of rotatable bonds is 3. The highest BCUT2D eigenvalue weighted by Crippen LogP contribution is 2.08. The molecular formula is C10H20N2O3S. The standard InChI is InChI=1S/C10H20N2O3S/c1-3-16(14,15)9(2)10(13)12-7-4-5-11-6-8-12/h9,11H,3-8H2,1-2H3. The SMILES string of the molecule is CCS(=O)(=O)C(C)C(=O)N1CCCNCC1. The number of nitrogens with one attached hydrogen (secondary N) is 1. The zero-order valence-electron chi connectivity index (χ0n) is 9.90. The van der Waals surface area contributed by atoms with Crippen LogP contribution in [0.5, 0.6) is 0 Å². The molecule has 1 heterocycles. The van der Waals surface area contributed by atoms with Crippen molar-refractivity contribution in [2.75, 3.05) is 31.9 Å². The van der Waals surface area contributed by atoms with Crippen molar-refractivity contribution in [3.63, 3.8) is 0 Å². The van der Waals surface area contributed by atoms with Gasteiger partial charge >= 0.3 is 0 Å². The highest BCUT2D eigenvalue weighted by molar-refractivity contribution is 7.92. The summed E-state index contributed by atoms with van der Waals surface area (Å²) >= 11 is 0. The lowest BCUT2D eigenvalue weighted by Crippen LogP contribution is -2.43. The average molecular weight is 248 g/mol. The second-order valence-corrected chi connectivity index (χ2v) is 6.63. The number of hydrogen-bond donors (Lipinski definition) is 1. The lowest BCUT2D eigenvalue weighted by Gasteiger charge is -2.23. The van der Waals surface area contributed by atoms with Crippen LogP contribution in [0.4, 0.5) is 0 Å². The normalized spacial score (nSPS) is 20.2. The zero-order valence-corrected chi connectivity index (χ0v) is 10.7. The van der Waals surface area contributed by atoms with Gasteiger partial charge in [-0.05, 0) is 19.9 Å². The highest BCUT2D eigenvalue weighted by atomic mass is 32.2. The van der Waals surface area contributed by atoms with Gasteiger partial charge in [-0.3, -0.25) is 4.79 Å². The van der Waals surface area contributed by atoms with Crippen molar-refractivity contribution in [2.24, 2.45) is 0 Å². The lowest BCUT2D eigenvalue weighted by molar-refractivity contribution is -0.130. The van der Waals surface area contributed by atoms with Crippen molar-refractivity contribution in [2.45, 2.75) is 25.5 Å². The molecular weight excluding hydrogens is 228 g/mol. The van der Waals surface area contributed by atoms with Crippen LogP contribution in [-0.2, 0) is 14.6 Å². The minimum Gasteiger partial charge on any atom is -0.340 e. The minimum absolute atomic E-state index is 0.0198. The van der Waals surface area contributed by atoms with E-state index in [0.717, 1.165) is 19.5 Å². The summed E-state index contributed by atoms with van der Waals surface area (Å²) in [6, 6.07) is 0. The number of carbonyl (C=O) groups excluding carboxylic acids is 1. The Bertz CT molecular complexity index is 332. The third kappa shape index (κ3) is 3.18. The lowest BCUT2D eigenvalue weighted by atomic mass is 10.3. The van der Waals surface area contributed by atoms with E-state index in [1.807, 2.05) is 0 Å². The van der Waals surface area contributed by atoms with Gasteiger partial charge in [0.25, 0.3) is 0 Å². The summed E-state index contributed by atoms with van der Waals surface area (Å²) in [4.78, 5) is 13.6. The van der Waals surface area contributed by atoms with Crippen LogP contribution in [0.25, 0.3) is 0 Å². The van der Waals surface area contributed by atoms with Gasteiger partial charge in [0, 0.05) is 25.4 Å². The first-order chi connectivity index (χ1) is 7.49. The van der Waals surface area contributed by atoms with Gasteiger partial charge in [-0.2, -0.15) is 0 Å². The van der Waals surface area contributed by atoms with E-state index in [9.17, 15) is 13.2 Å². The molecule has 6 heteroatoms. The predicted octanol–water partition coefficient (Wildman–Crippen LogP) is -0.368. The Labute approximate surface area is 97.1 Å². The van der Waals surface area contributed by atoms with Crippen LogP contribution in [0.15, 0.2) is 0 Å². The molecule has 1 aliphatic heterocycles. The van der Waals surface area contributed by atoms with Crippen molar-refractivity contribution in [3.05, 3.63) is 0 Å². The van der Waals surface area contributed by atoms with E-state index in [0.29, 0.717) is 13.1 Å². The molecule has 0 aromatic carbocycles. The van der Waals surface area contributed by atoms with Gasteiger partial charge in [0.15, 0.2) is 9.84 Å². The molecule has 94 valence electrons. The monoisotopic (exact) mass is 248 g/mol. The quantitative estimate of drug-likeness (QED) is 0.740. The number of carbonyl (C=O) groups is 1. The van der Waals surface area contributed by atoms with Crippen LogP contribution in [0.3, 0.4) is 0 Å². The van der Waals surface area contributed by atoms with Crippen LogP contribution < -0.4 is 5.32 Å². The molecule has 0 aliphatic carbocycles. The summed E-state index contributed by atoms with van der Waals surface area (Å²) in [6.45, 7) is 5.93. The molecule has 0 radical (unpaired) electrons. The van der Waals surface area contributed by atoms with Gasteiger partial charge in [-0.15, -0.1) is 0 Å². The van der Waals surface area contributed by atoms with E-state index in [1.165, 1.54) is 6.92 Å². The minimum atomic E-state index is -3.27. The molecule has 1 aliphatic rings. The Morgan fingerprint density at radius 1 is 1.38 bits per heavy atom. The first kappa shape index (κ1) is 13.4. The largest absolute Gasteiger partial charge is 0.340 e. The summed E-state index contributed by atoms with van der Waals surface area (Å²) in [6.07, 6.45) is 0.880. The van der Waals surface area contributed by atoms with Crippen LogP contribution in [0.2, 0.25) is 0 Å². The molecule has 1 atom stereocenters. The second kappa shape index (κ2) is 5.63. The molecule has 16 heavy (non-hydrogen) atoms. The van der Waals surface area contributed by atoms with Gasteiger partial charge in [0.05, 0.1) is 0 Å². The maximum atomic E-state index is 12.0. The van der Waals surface area contributed by atoms with Crippen LogP contribution in [-0.4, -0.2) is 56.4 Å². The van der Waals surface area contributed by atoms with E-state index < -0.39 is 15.1 Å². The Hall–Kier alpha value is -0.620. The molecule has 0 spiro atoms. The molecule has 0 aromatic rings. The maximum absolute atomic E-state index is 12.0. The van der Waals surface area contributed by atoms with Gasteiger partial charge < -0.3 is 10.2 Å². The summed E-state index contributed by atoms with van der Waals surface area (Å²) in [5.74, 6) is -0.239. The second-order valence-electron chi connectivity index (χ2n) is 4.02. The first-order valence-corrected chi connectivity index (χ1v) is 7.41. The van der Waals surface area contributed by atoms with Crippen molar-refractivity contribution in [1.82, 2.24) is 10.2 Å². The summed E-state index contributed by atoms with van der Waals surface area (Å²) in [7, 11) is -3.27. The molecule has 0 aromatic heterocycles. The summed E-state index contributed by atoms with van der Waals surface area (Å²) in [5, 5.41) is 2.27. The van der Waals surface area contributed by atoms with Crippen molar-refractivity contribution in [1.29, 1.82) is 0 Å². The fourth-order valence-electron chi connectivity index (χ4n) is 1.73. The third-order valence-electron chi connectivity index (χ3n) is 2.94. The third-order valence-corrected chi connectivity index (χ3v) is 5.02. The smallest absolute Gasteiger partial charge is 0.240 e. The molecule has 1 saturated heterocycles. The average Bonchev–Trinajstić information content (AvgIpc) is 2.55. The fraction of sp³-hybridized carbons (Fsp3) is 0.900. The van der Waals surface area contributed by atoms with Crippen molar-refractivity contribution >= 4 is 15.7 Å². The number of sulfone groups is 1. The first-order valence-electron chi connectivity index (χ1n) is 5.70. The van der Waals surface area contributed by atoms with Gasteiger partial charge in [0.1, 0.15) is 5.25 Å². The molecule has 5 nitrogen and oxygen atoms in total.